The van der Waals surface area contributed by atoms with Crippen molar-refractivity contribution in [3.63, 3.8) is 0 Å². The highest BCUT2D eigenvalue weighted by Crippen LogP contribution is 2.20. The van der Waals surface area contributed by atoms with Gasteiger partial charge in [-0.1, -0.05) is 5.16 Å². The summed E-state index contributed by atoms with van der Waals surface area (Å²) in [7, 11) is 0. The molecule has 1 heterocycles. The lowest BCUT2D eigenvalue weighted by atomic mass is 10.2. The molecule has 0 fully saturated rings. The van der Waals surface area contributed by atoms with Crippen molar-refractivity contribution in [1.29, 1.82) is 0 Å². The Kier molecular flexibility index (Phi) is 2.91. The number of benzene rings is 1. The number of rotatable bonds is 2. The molecule has 5 nitrogen and oxygen atoms in total. The molecular weight excluding hydrogens is 272 g/mol. The molecule has 0 saturated carbocycles. The van der Waals surface area contributed by atoms with E-state index in [1.807, 2.05) is 22.9 Å². The van der Waals surface area contributed by atoms with Crippen molar-refractivity contribution in [2.75, 3.05) is 0 Å². The molecule has 0 aliphatic rings. The molecule has 0 amide bonds. The third kappa shape index (κ3) is 1.92. The van der Waals surface area contributed by atoms with Crippen LogP contribution >= 0.6 is 15.9 Å². The maximum absolute atomic E-state index is 8.59. The Hall–Kier alpha value is -1.82. The number of hydrogen-bond acceptors (Lipinski definition) is 3. The molecule has 0 atom stereocenters. The molecule has 1 aromatic carbocycles. The Balaban J connectivity index is 2.45. The first-order valence-corrected chi connectivity index (χ1v) is 5.27. The fourth-order valence-corrected chi connectivity index (χ4v) is 1.91. The average Bonchev–Trinajstić information content (AvgIpc) is 2.81. The van der Waals surface area contributed by atoms with E-state index in [-0.39, 0.29) is 5.84 Å². The topological polar surface area (TPSA) is 76.4 Å². The molecule has 82 valence electrons. The quantitative estimate of drug-likeness (QED) is 0.381. The molecule has 0 spiro atoms. The maximum Gasteiger partial charge on any atom is 0.171 e. The number of halogens is 1. The van der Waals surface area contributed by atoms with Gasteiger partial charge in [-0.25, -0.2) is 4.98 Å². The van der Waals surface area contributed by atoms with Crippen molar-refractivity contribution in [3.05, 3.63) is 47.0 Å². The van der Waals surface area contributed by atoms with Gasteiger partial charge in [0.2, 0.25) is 0 Å². The van der Waals surface area contributed by atoms with Crippen molar-refractivity contribution >= 4 is 21.8 Å². The number of hydrogen-bond donors (Lipinski definition) is 2. The normalized spacial score (nSPS) is 11.7. The molecule has 0 saturated heterocycles. The Morgan fingerprint density at radius 3 is 2.88 bits per heavy atom. The third-order valence-corrected chi connectivity index (χ3v) is 2.79. The maximum atomic E-state index is 8.59. The van der Waals surface area contributed by atoms with Crippen molar-refractivity contribution in [2.45, 2.75) is 0 Å². The van der Waals surface area contributed by atoms with Crippen LogP contribution in [0.5, 0.6) is 0 Å². The van der Waals surface area contributed by atoms with E-state index in [2.05, 4.69) is 26.1 Å². The van der Waals surface area contributed by atoms with Gasteiger partial charge in [-0.15, -0.1) is 0 Å². The molecule has 2 rings (SSSR count). The van der Waals surface area contributed by atoms with Gasteiger partial charge in [0.1, 0.15) is 0 Å². The summed E-state index contributed by atoms with van der Waals surface area (Å²) in [6, 6.07) is 5.50. The van der Waals surface area contributed by atoms with Crippen LogP contribution in [0.15, 0.2) is 46.5 Å². The van der Waals surface area contributed by atoms with Crippen LogP contribution in [0.1, 0.15) is 5.56 Å². The monoisotopic (exact) mass is 280 g/mol. The fourth-order valence-electron chi connectivity index (χ4n) is 1.34. The minimum absolute atomic E-state index is 0.0732. The second-order valence-electron chi connectivity index (χ2n) is 3.12. The first-order valence-electron chi connectivity index (χ1n) is 4.48. The summed E-state index contributed by atoms with van der Waals surface area (Å²) in [5, 5.41) is 11.6. The average molecular weight is 281 g/mol. The molecule has 3 N–H and O–H groups in total. The summed E-state index contributed by atoms with van der Waals surface area (Å²) in [4.78, 5) is 3.96. The highest BCUT2D eigenvalue weighted by molar-refractivity contribution is 9.10. The Bertz CT molecular complexity index is 522. The number of nitrogens with zero attached hydrogens (tertiary/aromatic N) is 3. The van der Waals surface area contributed by atoms with E-state index in [0.29, 0.717) is 5.56 Å². The Morgan fingerprint density at radius 2 is 2.31 bits per heavy atom. The van der Waals surface area contributed by atoms with E-state index in [1.54, 1.807) is 18.6 Å². The molecule has 1 aromatic heterocycles. The van der Waals surface area contributed by atoms with Gasteiger partial charge in [-0.3, -0.25) is 0 Å². The first kappa shape index (κ1) is 10.7. The van der Waals surface area contributed by atoms with Crippen LogP contribution < -0.4 is 5.73 Å². The van der Waals surface area contributed by atoms with Crippen molar-refractivity contribution in [3.8, 4) is 5.69 Å². The van der Waals surface area contributed by atoms with Gasteiger partial charge in [0, 0.05) is 28.1 Å². The van der Waals surface area contributed by atoms with Crippen molar-refractivity contribution < 1.29 is 5.21 Å². The minimum atomic E-state index is 0.0732. The second kappa shape index (κ2) is 4.36. The SMILES string of the molecule is N/C(=N/O)c1ccc(-n2ccnc2)cc1Br. The lowest BCUT2D eigenvalue weighted by Crippen LogP contribution is -2.13. The van der Waals surface area contributed by atoms with Crippen LogP contribution in [0, 0.1) is 0 Å². The lowest BCUT2D eigenvalue weighted by Gasteiger charge is -2.06. The zero-order valence-electron chi connectivity index (χ0n) is 8.21. The Morgan fingerprint density at radius 1 is 1.50 bits per heavy atom. The van der Waals surface area contributed by atoms with E-state index in [9.17, 15) is 0 Å². The zero-order chi connectivity index (χ0) is 11.5. The predicted octanol–water partition coefficient (Wildman–Crippen LogP) is 1.73. The number of aromatic nitrogens is 2. The third-order valence-electron chi connectivity index (χ3n) is 2.14. The van der Waals surface area contributed by atoms with E-state index >= 15 is 0 Å². The van der Waals surface area contributed by atoms with Crippen LogP contribution in [-0.2, 0) is 0 Å². The second-order valence-corrected chi connectivity index (χ2v) is 3.97. The van der Waals surface area contributed by atoms with Crippen LogP contribution in [0.25, 0.3) is 5.69 Å². The molecule has 6 heteroatoms. The van der Waals surface area contributed by atoms with Gasteiger partial charge in [-0.05, 0) is 34.1 Å². The van der Waals surface area contributed by atoms with Gasteiger partial charge in [0.05, 0.1) is 6.33 Å². The van der Waals surface area contributed by atoms with Gasteiger partial charge in [-0.2, -0.15) is 0 Å². The molecule has 0 radical (unpaired) electrons. The molecule has 0 bridgehead atoms. The number of nitrogens with two attached hydrogens (primary N) is 1. The summed E-state index contributed by atoms with van der Waals surface area (Å²) in [6.07, 6.45) is 5.24. The van der Waals surface area contributed by atoms with Gasteiger partial charge in [0.15, 0.2) is 5.84 Å². The molecule has 0 aliphatic carbocycles. The summed E-state index contributed by atoms with van der Waals surface area (Å²) in [6.45, 7) is 0. The van der Waals surface area contributed by atoms with Crippen LogP contribution in [0.2, 0.25) is 0 Å². The van der Waals surface area contributed by atoms with Crippen LogP contribution in [0.3, 0.4) is 0 Å². The standard InChI is InChI=1S/C10H9BrN4O/c11-9-5-7(15-4-3-13-6-15)1-2-8(9)10(12)14-16/h1-6,16H,(H2,12,14). The van der Waals surface area contributed by atoms with Crippen LogP contribution in [0.4, 0.5) is 0 Å². The van der Waals surface area contributed by atoms with Gasteiger partial charge in [0.25, 0.3) is 0 Å². The summed E-state index contributed by atoms with van der Waals surface area (Å²) >= 11 is 3.37. The van der Waals surface area contributed by atoms with Crippen LogP contribution in [-0.4, -0.2) is 20.6 Å². The van der Waals surface area contributed by atoms with E-state index in [4.69, 9.17) is 10.9 Å². The Labute approximate surface area is 100 Å². The summed E-state index contributed by atoms with van der Waals surface area (Å²) in [5.41, 5.74) is 7.10. The molecule has 2 aromatic rings. The van der Waals surface area contributed by atoms with E-state index in [1.165, 1.54) is 0 Å². The largest absolute Gasteiger partial charge is 0.409 e. The van der Waals surface area contributed by atoms with E-state index < -0.39 is 0 Å². The predicted molar refractivity (Wildman–Crippen MR) is 63.8 cm³/mol. The summed E-state index contributed by atoms with van der Waals surface area (Å²) in [5.74, 6) is 0.0732. The smallest absolute Gasteiger partial charge is 0.171 e. The van der Waals surface area contributed by atoms with E-state index in [0.717, 1.165) is 10.2 Å². The number of oxime groups is 1. The number of imidazole rings is 1. The number of amidine groups is 1. The highest BCUT2D eigenvalue weighted by Gasteiger charge is 2.06. The molecule has 0 unspecified atom stereocenters. The van der Waals surface area contributed by atoms with Crippen molar-refractivity contribution in [1.82, 2.24) is 9.55 Å². The summed E-state index contributed by atoms with van der Waals surface area (Å²) < 4.78 is 2.62. The molecule has 0 aliphatic heterocycles. The zero-order valence-corrected chi connectivity index (χ0v) is 9.79. The fraction of sp³-hybridized carbons (Fsp3) is 0. The molecule has 16 heavy (non-hydrogen) atoms. The lowest BCUT2D eigenvalue weighted by molar-refractivity contribution is 0.318. The van der Waals surface area contributed by atoms with Gasteiger partial charge >= 0.3 is 0 Å². The highest BCUT2D eigenvalue weighted by atomic mass is 79.9. The van der Waals surface area contributed by atoms with Gasteiger partial charge < -0.3 is 15.5 Å². The van der Waals surface area contributed by atoms with Crippen molar-refractivity contribution in [2.24, 2.45) is 10.9 Å². The molecular formula is C10H9BrN4O. The minimum Gasteiger partial charge on any atom is -0.409 e. The first-order chi connectivity index (χ1) is 7.72.